The molecule has 6 saturated carbocycles. The first-order valence-corrected chi connectivity index (χ1v) is 41.9. The number of carboxylic acid groups (broad SMARTS) is 1. The predicted molar refractivity (Wildman–Crippen MR) is 457 cm³/mol. The molecule has 6 aliphatic carbocycles. The Labute approximate surface area is 697 Å². The minimum absolute atomic E-state index is 0.0154. The molecule has 0 radical (unpaired) electrons. The molecule has 25 heteroatoms. The summed E-state index contributed by atoms with van der Waals surface area (Å²) in [5.41, 5.74) is 9.72. The summed E-state index contributed by atoms with van der Waals surface area (Å²) in [6.45, 7) is 17.9. The van der Waals surface area contributed by atoms with Crippen molar-refractivity contribution in [3.8, 4) is 33.8 Å². The van der Waals surface area contributed by atoms with Gasteiger partial charge in [-0.2, -0.15) is 10.1 Å². The lowest BCUT2D eigenvalue weighted by Crippen LogP contribution is -2.62. The maximum absolute atomic E-state index is 14.9. The van der Waals surface area contributed by atoms with E-state index in [0.29, 0.717) is 78.1 Å². The summed E-state index contributed by atoms with van der Waals surface area (Å²) in [7, 11) is 16.5. The molecule has 2 aliphatic heterocycles. The molecule has 0 unspecified atom stereocenters. The Bertz CT molecular complexity index is 4450. The average Bonchev–Trinajstić information content (AvgIpc) is 0.823. The number of ether oxygens (including phenoxy) is 3. The molecule has 2 saturated heterocycles. The third kappa shape index (κ3) is 20.5. The smallest absolute Gasteiger partial charge is 0.317 e. The number of fused-ring (bicyclic) bond motifs is 4. The van der Waals surface area contributed by atoms with E-state index in [4.69, 9.17) is 29.0 Å². The number of hydrogen-bond acceptors (Lipinski definition) is 20. The van der Waals surface area contributed by atoms with Crippen molar-refractivity contribution >= 4 is 46.9 Å². The van der Waals surface area contributed by atoms with E-state index in [-0.39, 0.29) is 110 Å². The zero-order valence-electron chi connectivity index (χ0n) is 72.1. The first-order valence-electron chi connectivity index (χ1n) is 41.9. The Hall–Kier alpha value is -9.02. The number of nitrogens with zero attached hydrogens (tertiary/aromatic N) is 6. The van der Waals surface area contributed by atoms with Crippen molar-refractivity contribution in [2.24, 2.45) is 58.2 Å². The maximum atomic E-state index is 14.9. The number of aryl methyl sites for hydroxylation is 1. The molecule has 6 aromatic carbocycles. The molecule has 2 heterocycles. The minimum atomic E-state index is -0.936. The number of aliphatic carboxylic acids is 1. The molecular weight excluding hydrogens is 1500 g/mol. The number of carbonyl (C=O) groups excluding carboxylic acids is 5. The van der Waals surface area contributed by atoms with Gasteiger partial charge in [-0.25, -0.2) is 0 Å². The quantitative estimate of drug-likeness (QED) is 0.0174. The number of anilines is 2. The van der Waals surface area contributed by atoms with Crippen molar-refractivity contribution in [3.63, 3.8) is 0 Å². The molecule has 0 spiro atoms. The Kier molecular flexibility index (Phi) is 29.7. The zero-order valence-corrected chi connectivity index (χ0v) is 72.1. The highest BCUT2D eigenvalue weighted by Gasteiger charge is 2.60. The molecule has 8 aliphatic rings. The second kappa shape index (κ2) is 39.0. The molecule has 8 N–H and O–H groups in total. The van der Waals surface area contributed by atoms with E-state index in [0.717, 1.165) is 68.7 Å². The van der Waals surface area contributed by atoms with Crippen molar-refractivity contribution in [3.05, 3.63) is 167 Å². The minimum Gasteiger partial charge on any atom is -0.496 e. The van der Waals surface area contributed by atoms with Gasteiger partial charge in [0.15, 0.2) is 0 Å². The van der Waals surface area contributed by atoms with Gasteiger partial charge < -0.3 is 70.6 Å². The van der Waals surface area contributed by atoms with E-state index >= 15 is 0 Å². The summed E-state index contributed by atoms with van der Waals surface area (Å²) in [4.78, 5) is 101. The summed E-state index contributed by atoms with van der Waals surface area (Å²) in [6, 6.07) is 41.0. The summed E-state index contributed by atoms with van der Waals surface area (Å²) >= 11 is 0. The van der Waals surface area contributed by atoms with Crippen LogP contribution in [-0.2, 0) is 59.5 Å². The maximum Gasteiger partial charge on any atom is 0.317 e. The Morgan fingerprint density at radius 2 is 1.06 bits per heavy atom. The van der Waals surface area contributed by atoms with Gasteiger partial charge in [-0.15, -0.1) is 0 Å². The lowest BCUT2D eigenvalue weighted by molar-refractivity contribution is -0.183. The number of benzene rings is 6. The van der Waals surface area contributed by atoms with Crippen LogP contribution >= 0.6 is 0 Å². The van der Waals surface area contributed by atoms with Gasteiger partial charge >= 0.3 is 11.9 Å². The molecular formula is C93H128N10O15. The standard InChI is InChI=1S/C54H71N5O7.C39H57N5O8/c1-34-45-29-41(54(45,3)4)30-46(34)56-53(63)50-49(35(2)65-48(61)24-23-36-17-12-10-13-18-36)47(33-60)66-59(50)31-38-21-16-22-44(51(38)64-9)39-26-40(28-43(27-39)58(7)8)52(62)55-42(32-57(5)6)25-37-19-14-11-15-20-37;1-22-30-17-27(39(30,3)4)18-31(22)41-38(50)35-34(23(2)46)32(21-45)52-44(35)19-24-10-9-11-29(36(24)51-8)25-14-26(16-28(15-25)42(5)6)37(49)40-12-13-43(7)20-33(47)48/h10-22,26-28,34-35,41-42,45-47,49-50,60H,23-25,29-33H2,1-9H3,(H,55,62)(H,56,63);9-11,14-16,22-23,27,30-32,34-35,45-46H,12-13,17-21H2,1-8H3,(H,40,49)(H,41,50)(H,47,48)/t34-,35-,41+,42-,45-,46-,47-,49+,50-;22-,23-,27+,30-,31-,32-,34+,35-/m00/s1. The van der Waals surface area contributed by atoms with Crippen molar-refractivity contribution in [1.29, 1.82) is 0 Å². The third-order valence-corrected chi connectivity index (χ3v) is 26.6. The highest BCUT2D eigenvalue weighted by molar-refractivity contribution is 5.98. The predicted octanol–water partition coefficient (Wildman–Crippen LogP) is 10.0. The van der Waals surface area contributed by atoms with Crippen molar-refractivity contribution in [2.75, 3.05) is 113 Å². The van der Waals surface area contributed by atoms with Crippen LogP contribution in [0.25, 0.3) is 22.3 Å². The van der Waals surface area contributed by atoms with Crippen LogP contribution < -0.4 is 40.5 Å². The molecule has 8 fully saturated rings. The summed E-state index contributed by atoms with van der Waals surface area (Å²) < 4.78 is 18.3. The first-order chi connectivity index (χ1) is 56.1. The lowest BCUT2D eigenvalue weighted by atomic mass is 9.45. The second-order valence-corrected chi connectivity index (χ2v) is 35.7. The number of aliphatic hydroxyl groups is 3. The van der Waals surface area contributed by atoms with E-state index in [2.05, 4.69) is 79.8 Å². The topological polar surface area (TPSA) is 297 Å². The molecule has 4 amide bonds. The fourth-order valence-electron chi connectivity index (χ4n) is 19.7. The first kappa shape index (κ1) is 89.8. The molecule has 118 heavy (non-hydrogen) atoms. The number of hydroxylamine groups is 4. The molecule has 4 bridgehead atoms. The van der Waals surface area contributed by atoms with Crippen LogP contribution in [0.1, 0.15) is 130 Å². The van der Waals surface area contributed by atoms with Crippen LogP contribution in [0.5, 0.6) is 11.5 Å². The highest BCUT2D eigenvalue weighted by atomic mass is 16.7. The van der Waals surface area contributed by atoms with E-state index in [1.165, 1.54) is 12.8 Å². The number of esters is 1. The monoisotopic (exact) mass is 1620 g/mol. The third-order valence-electron chi connectivity index (χ3n) is 26.6. The molecule has 640 valence electrons. The molecule has 25 nitrogen and oxygen atoms in total. The van der Waals surface area contributed by atoms with Gasteiger partial charge in [-0.3, -0.25) is 43.3 Å². The number of carbonyl (C=O) groups is 6. The van der Waals surface area contributed by atoms with Gasteiger partial charge in [0.25, 0.3) is 11.8 Å². The van der Waals surface area contributed by atoms with Crippen LogP contribution in [0.4, 0.5) is 11.4 Å². The Morgan fingerprint density at radius 1 is 0.593 bits per heavy atom. The summed E-state index contributed by atoms with van der Waals surface area (Å²) in [5.74, 6) is 0.274. The van der Waals surface area contributed by atoms with Crippen LogP contribution in [-0.4, -0.2) is 233 Å². The summed E-state index contributed by atoms with van der Waals surface area (Å²) in [5, 5.41) is 57.2. The van der Waals surface area contributed by atoms with Gasteiger partial charge in [-0.05, 0) is 179 Å². The average molecular weight is 1630 g/mol. The van der Waals surface area contributed by atoms with Gasteiger partial charge in [0.2, 0.25) is 11.8 Å². The van der Waals surface area contributed by atoms with E-state index in [1.54, 1.807) is 62.3 Å². The van der Waals surface area contributed by atoms with E-state index in [1.807, 2.05) is 161 Å². The molecule has 0 aromatic heterocycles. The number of nitrogens with one attached hydrogen (secondary N) is 4. The second-order valence-electron chi connectivity index (χ2n) is 35.7. The number of rotatable bonds is 34. The van der Waals surface area contributed by atoms with Crippen LogP contribution in [0.15, 0.2) is 133 Å². The van der Waals surface area contributed by atoms with E-state index in [9.17, 15) is 44.1 Å². The van der Waals surface area contributed by atoms with Gasteiger partial charge in [0.1, 0.15) is 41.9 Å². The van der Waals surface area contributed by atoms with Crippen LogP contribution in [0.2, 0.25) is 0 Å². The largest absolute Gasteiger partial charge is 0.496 e. The highest BCUT2D eigenvalue weighted by Crippen LogP contribution is 2.62. The van der Waals surface area contributed by atoms with Crippen molar-refractivity contribution < 1.29 is 73.1 Å². The number of likely N-dealkylation sites (N-methyl/N-ethyl adjacent to an activating group) is 2. The van der Waals surface area contributed by atoms with E-state index < -0.39 is 54.3 Å². The molecule has 14 rings (SSSR count). The normalized spacial score (nSPS) is 25.5. The summed E-state index contributed by atoms with van der Waals surface area (Å²) in [6.07, 6.45) is 2.30. The van der Waals surface area contributed by atoms with Gasteiger partial charge in [0, 0.05) is 123 Å². The SMILES string of the molecule is COc1c(CN2O[C@@H](CO)[C@@H]([C@H](C)O)[C@H]2C(=O)N[C@H]2C[C@H]3C[C@@H]([C@@H]2C)C3(C)C)cccc1-c1cc(C(=O)NCCN(C)CC(=O)O)cc(N(C)C)c1.COc1c(CN2O[C@@H](CO)[C@@H]([C@H](C)OC(=O)CCc3ccccc3)[C@H]2C(=O)N[C@H]2C[C@H]3C[C@@H]([C@@H]2C)C3(C)C)cccc1-c1cc(C(=O)N[C@@H](Cc2ccccc2)CN(C)C)cc(N(C)C)c1. The van der Waals surface area contributed by atoms with Crippen molar-refractivity contribution in [1.82, 2.24) is 41.2 Å². The Balaban J connectivity index is 0.000000238. The molecule has 6 aromatic rings. The number of aliphatic hydroxyl groups excluding tert-OH is 3. The van der Waals surface area contributed by atoms with Crippen LogP contribution in [0, 0.1) is 58.2 Å². The lowest BCUT2D eigenvalue weighted by Gasteiger charge is -2.62. The van der Waals surface area contributed by atoms with Crippen molar-refractivity contribution in [2.45, 2.75) is 168 Å². The van der Waals surface area contributed by atoms with Gasteiger partial charge in [0.05, 0.1) is 59.1 Å². The fraction of sp³-hybridized carbons (Fsp3) is 0.548. The fourth-order valence-corrected chi connectivity index (χ4v) is 19.7. The number of amides is 4. The van der Waals surface area contributed by atoms with Gasteiger partial charge in [-0.1, -0.05) is 139 Å². The zero-order chi connectivity index (χ0) is 85.4. The number of methoxy groups -OCH3 is 2. The van der Waals surface area contributed by atoms with Crippen LogP contribution in [0.3, 0.4) is 0 Å². The number of para-hydroxylation sites is 2. The number of carboxylic acids is 1. The Morgan fingerprint density at radius 3 is 1.49 bits per heavy atom. The number of hydrogen-bond donors (Lipinski definition) is 8. The molecule has 17 atom stereocenters.